The molecule has 0 bridgehead atoms. The van der Waals surface area contributed by atoms with E-state index in [1.807, 2.05) is 17.5 Å². The Morgan fingerprint density at radius 3 is 2.77 bits per heavy atom. The first-order chi connectivity index (χ1) is 12.4. The highest BCUT2D eigenvalue weighted by molar-refractivity contribution is 7.89. The van der Waals surface area contributed by atoms with Crippen molar-refractivity contribution >= 4 is 27.3 Å². The first kappa shape index (κ1) is 18.2. The van der Waals surface area contributed by atoms with Gasteiger partial charge < -0.3 is 9.15 Å². The van der Waals surface area contributed by atoms with Gasteiger partial charge in [-0.15, -0.1) is 21.5 Å². The van der Waals surface area contributed by atoms with Crippen molar-refractivity contribution in [3.63, 3.8) is 0 Å². The van der Waals surface area contributed by atoms with Crippen molar-refractivity contribution in [3.05, 3.63) is 53.2 Å². The van der Waals surface area contributed by atoms with Gasteiger partial charge >= 0.3 is 5.97 Å². The Labute approximate surface area is 153 Å². The van der Waals surface area contributed by atoms with Crippen LogP contribution in [0.3, 0.4) is 0 Å². The molecule has 10 heteroatoms. The molecule has 3 aromatic rings. The van der Waals surface area contributed by atoms with Crippen molar-refractivity contribution in [3.8, 4) is 10.8 Å². The minimum atomic E-state index is -3.65. The number of carbonyl (C=O) groups is 1. The summed E-state index contributed by atoms with van der Waals surface area (Å²) in [5, 5.41) is 9.71. The second-order valence-corrected chi connectivity index (χ2v) is 8.04. The van der Waals surface area contributed by atoms with Crippen LogP contribution in [-0.4, -0.2) is 31.6 Å². The predicted molar refractivity (Wildman–Crippen MR) is 94.1 cm³/mol. The van der Waals surface area contributed by atoms with Crippen molar-refractivity contribution < 1.29 is 22.4 Å². The lowest BCUT2D eigenvalue weighted by Gasteiger charge is -2.10. The average molecular weight is 393 g/mol. The number of carbonyl (C=O) groups excluding carboxylic acids is 1. The summed E-state index contributed by atoms with van der Waals surface area (Å²) in [6.45, 7) is 1.60. The summed E-state index contributed by atoms with van der Waals surface area (Å²) < 4.78 is 36.7. The molecule has 0 saturated carbocycles. The first-order valence-electron chi connectivity index (χ1n) is 7.52. The second kappa shape index (κ2) is 7.36. The van der Waals surface area contributed by atoms with Crippen LogP contribution < -0.4 is 4.72 Å². The molecular formula is C16H15N3O5S2. The highest BCUT2D eigenvalue weighted by atomic mass is 32.2. The lowest BCUT2D eigenvalue weighted by atomic mass is 10.2. The van der Waals surface area contributed by atoms with Gasteiger partial charge in [-0.1, -0.05) is 12.1 Å². The number of nitrogens with zero attached hydrogens (tertiary/aromatic N) is 2. The summed E-state index contributed by atoms with van der Waals surface area (Å²) in [5.74, 6) is -0.192. The van der Waals surface area contributed by atoms with Gasteiger partial charge in [0.15, 0.2) is 6.10 Å². The minimum absolute atomic E-state index is 0.0279. The van der Waals surface area contributed by atoms with Crippen LogP contribution in [0.2, 0.25) is 0 Å². The highest BCUT2D eigenvalue weighted by Gasteiger charge is 2.21. The third-order valence-corrected chi connectivity index (χ3v) is 5.72. The maximum Gasteiger partial charge on any atom is 0.338 e. The van der Waals surface area contributed by atoms with E-state index in [0.717, 1.165) is 4.88 Å². The standard InChI is InChI=1S/C16H15N3O5S2/c1-10(14-18-19-15(24-14)13-7-4-8-25-13)23-16(20)11-5-3-6-12(9-11)26(21,22)17-2/h3-10,17H,1-2H3/t10-/m0/s1. The van der Waals surface area contributed by atoms with Crippen LogP contribution in [0.15, 0.2) is 51.1 Å². The maximum absolute atomic E-state index is 12.3. The summed E-state index contributed by atoms with van der Waals surface area (Å²) in [4.78, 5) is 13.1. The molecule has 8 nitrogen and oxygen atoms in total. The van der Waals surface area contributed by atoms with E-state index in [2.05, 4.69) is 14.9 Å². The van der Waals surface area contributed by atoms with Gasteiger partial charge in [0, 0.05) is 0 Å². The quantitative estimate of drug-likeness (QED) is 0.641. The number of nitrogens with one attached hydrogen (secondary N) is 1. The van der Waals surface area contributed by atoms with Gasteiger partial charge in [0.1, 0.15) is 0 Å². The summed E-state index contributed by atoms with van der Waals surface area (Å²) in [6, 6.07) is 9.26. The molecule has 0 aliphatic carbocycles. The Balaban J connectivity index is 1.75. The fourth-order valence-corrected chi connectivity index (χ4v) is 3.51. The van der Waals surface area contributed by atoms with E-state index >= 15 is 0 Å². The van der Waals surface area contributed by atoms with Crippen molar-refractivity contribution in [2.75, 3.05) is 7.05 Å². The molecule has 0 fully saturated rings. The fourth-order valence-electron chi connectivity index (χ4n) is 2.09. The lowest BCUT2D eigenvalue weighted by Crippen LogP contribution is -2.19. The van der Waals surface area contributed by atoms with E-state index in [4.69, 9.17) is 9.15 Å². The lowest BCUT2D eigenvalue weighted by molar-refractivity contribution is 0.0279. The number of hydrogen-bond acceptors (Lipinski definition) is 8. The minimum Gasteiger partial charge on any atom is -0.449 e. The molecule has 0 aliphatic rings. The van der Waals surface area contributed by atoms with E-state index in [0.29, 0.717) is 5.89 Å². The Kier molecular flexibility index (Phi) is 5.16. The average Bonchev–Trinajstić information content (AvgIpc) is 3.33. The smallest absolute Gasteiger partial charge is 0.338 e. The Hall–Kier alpha value is -2.56. The largest absolute Gasteiger partial charge is 0.449 e. The summed E-state index contributed by atoms with van der Waals surface area (Å²) >= 11 is 1.45. The Morgan fingerprint density at radius 2 is 2.08 bits per heavy atom. The van der Waals surface area contributed by atoms with Gasteiger partial charge in [-0.05, 0) is 43.6 Å². The molecule has 1 N–H and O–H groups in total. The molecule has 136 valence electrons. The molecule has 2 heterocycles. The third kappa shape index (κ3) is 3.82. The molecule has 1 atom stereocenters. The van der Waals surface area contributed by atoms with E-state index in [-0.39, 0.29) is 16.3 Å². The molecule has 3 rings (SSSR count). The SMILES string of the molecule is CNS(=O)(=O)c1cccc(C(=O)O[C@@H](C)c2nnc(-c3cccs3)o2)c1. The molecular weight excluding hydrogens is 378 g/mol. The number of benzene rings is 1. The Bertz CT molecular complexity index is 1010. The van der Waals surface area contributed by atoms with Crippen LogP contribution in [0.4, 0.5) is 0 Å². The van der Waals surface area contributed by atoms with Gasteiger partial charge in [0.25, 0.3) is 11.8 Å². The zero-order chi connectivity index (χ0) is 18.7. The summed E-state index contributed by atoms with van der Waals surface area (Å²) in [5.41, 5.74) is 0.103. The molecule has 0 amide bonds. The van der Waals surface area contributed by atoms with E-state index in [9.17, 15) is 13.2 Å². The van der Waals surface area contributed by atoms with Crippen LogP contribution >= 0.6 is 11.3 Å². The van der Waals surface area contributed by atoms with E-state index in [1.165, 1.54) is 42.6 Å². The second-order valence-electron chi connectivity index (χ2n) is 5.21. The molecule has 0 unspecified atom stereocenters. The number of rotatable bonds is 6. The molecule has 2 aromatic heterocycles. The number of esters is 1. The van der Waals surface area contributed by atoms with Crippen LogP contribution in [0.1, 0.15) is 29.3 Å². The first-order valence-corrected chi connectivity index (χ1v) is 9.89. The van der Waals surface area contributed by atoms with E-state index in [1.54, 1.807) is 6.92 Å². The van der Waals surface area contributed by atoms with Crippen LogP contribution in [0, 0.1) is 0 Å². The van der Waals surface area contributed by atoms with Gasteiger partial charge in [0.05, 0.1) is 15.3 Å². The topological polar surface area (TPSA) is 111 Å². The summed E-state index contributed by atoms with van der Waals surface area (Å²) in [7, 11) is -2.36. The normalized spacial score (nSPS) is 12.7. The number of thiophene rings is 1. The van der Waals surface area contributed by atoms with Crippen molar-refractivity contribution in [2.45, 2.75) is 17.9 Å². The van der Waals surface area contributed by atoms with Crippen molar-refractivity contribution in [1.29, 1.82) is 0 Å². The molecule has 0 radical (unpaired) electrons. The summed E-state index contributed by atoms with van der Waals surface area (Å²) in [6.07, 6.45) is -0.784. The van der Waals surface area contributed by atoms with Crippen LogP contribution in [0.25, 0.3) is 10.8 Å². The fraction of sp³-hybridized carbons (Fsp3) is 0.188. The van der Waals surface area contributed by atoms with Crippen LogP contribution in [0.5, 0.6) is 0 Å². The molecule has 1 aromatic carbocycles. The Morgan fingerprint density at radius 1 is 1.27 bits per heavy atom. The van der Waals surface area contributed by atoms with Crippen LogP contribution in [-0.2, 0) is 14.8 Å². The predicted octanol–water partition coefficient (Wildman–Crippen LogP) is 2.62. The maximum atomic E-state index is 12.3. The number of ether oxygens (including phenoxy) is 1. The molecule has 0 spiro atoms. The highest BCUT2D eigenvalue weighted by Crippen LogP contribution is 2.26. The number of hydrogen-bond donors (Lipinski definition) is 1. The van der Waals surface area contributed by atoms with Gasteiger partial charge in [0.2, 0.25) is 10.0 Å². The van der Waals surface area contributed by atoms with E-state index < -0.39 is 22.1 Å². The molecule has 0 aliphatic heterocycles. The van der Waals surface area contributed by atoms with Gasteiger partial charge in [-0.3, -0.25) is 0 Å². The molecule has 26 heavy (non-hydrogen) atoms. The number of aromatic nitrogens is 2. The zero-order valence-corrected chi connectivity index (χ0v) is 15.5. The van der Waals surface area contributed by atoms with Gasteiger partial charge in [-0.2, -0.15) is 0 Å². The monoisotopic (exact) mass is 393 g/mol. The third-order valence-electron chi connectivity index (χ3n) is 3.45. The molecule has 0 saturated heterocycles. The van der Waals surface area contributed by atoms with Crippen molar-refractivity contribution in [1.82, 2.24) is 14.9 Å². The van der Waals surface area contributed by atoms with Crippen molar-refractivity contribution in [2.24, 2.45) is 0 Å². The number of sulfonamides is 1. The zero-order valence-electron chi connectivity index (χ0n) is 13.9. The van der Waals surface area contributed by atoms with Gasteiger partial charge in [-0.25, -0.2) is 17.9 Å².